The van der Waals surface area contributed by atoms with E-state index in [9.17, 15) is 4.79 Å². The van der Waals surface area contributed by atoms with Gasteiger partial charge in [-0.15, -0.1) is 0 Å². The van der Waals surface area contributed by atoms with Crippen molar-refractivity contribution < 1.29 is 4.74 Å². The highest BCUT2D eigenvalue weighted by Crippen LogP contribution is 2.24. The van der Waals surface area contributed by atoms with Crippen LogP contribution in [0.15, 0.2) is 29.3 Å². The van der Waals surface area contributed by atoms with E-state index in [0.29, 0.717) is 11.0 Å². The van der Waals surface area contributed by atoms with Gasteiger partial charge in [0.2, 0.25) is 0 Å². The molecule has 0 saturated heterocycles. The number of nitrogens with one attached hydrogen (secondary N) is 2. The van der Waals surface area contributed by atoms with Crippen molar-refractivity contribution in [2.75, 3.05) is 7.11 Å². The van der Waals surface area contributed by atoms with Crippen LogP contribution >= 0.6 is 0 Å². The second-order valence-electron chi connectivity index (χ2n) is 3.49. The lowest BCUT2D eigenvalue weighted by Gasteiger charge is -1.98. The van der Waals surface area contributed by atoms with Gasteiger partial charge in [0.15, 0.2) is 0 Å². The Labute approximate surface area is 90.1 Å². The molecule has 5 nitrogen and oxygen atoms in total. The lowest BCUT2D eigenvalue weighted by Crippen LogP contribution is -2.04. The molecule has 0 aliphatic rings. The maximum absolute atomic E-state index is 11.7. The topological polar surface area (TPSA) is 70.8 Å². The van der Waals surface area contributed by atoms with Crippen molar-refractivity contribution in [1.82, 2.24) is 15.0 Å². The van der Waals surface area contributed by atoms with Gasteiger partial charge in [-0.2, -0.15) is 0 Å². The third-order valence-corrected chi connectivity index (χ3v) is 2.60. The number of benzene rings is 1. The standard InChI is InChI=1S/C11H9N3O2/c1-16-6-2-3-8-7(4-6)9-10(14-8)12-5-13-11(9)15/h2-5H,1H3,(H2,12,13,14,15). The fraction of sp³-hybridized carbons (Fsp3) is 0.0909. The zero-order valence-corrected chi connectivity index (χ0v) is 8.57. The third kappa shape index (κ3) is 1.11. The molecule has 0 aliphatic heterocycles. The van der Waals surface area contributed by atoms with Gasteiger partial charge < -0.3 is 14.7 Å². The largest absolute Gasteiger partial charge is 0.497 e. The highest BCUT2D eigenvalue weighted by atomic mass is 16.5. The van der Waals surface area contributed by atoms with E-state index in [-0.39, 0.29) is 5.56 Å². The second-order valence-corrected chi connectivity index (χ2v) is 3.49. The van der Waals surface area contributed by atoms with E-state index in [0.717, 1.165) is 16.7 Å². The first-order valence-corrected chi connectivity index (χ1v) is 4.83. The van der Waals surface area contributed by atoms with Crippen LogP contribution in [0.3, 0.4) is 0 Å². The maximum Gasteiger partial charge on any atom is 0.260 e. The van der Waals surface area contributed by atoms with Crippen molar-refractivity contribution in [2.45, 2.75) is 0 Å². The fourth-order valence-electron chi connectivity index (χ4n) is 1.84. The van der Waals surface area contributed by atoms with Crippen LogP contribution in [0.5, 0.6) is 5.75 Å². The van der Waals surface area contributed by atoms with Crippen LogP contribution in [0.1, 0.15) is 0 Å². The second kappa shape index (κ2) is 3.10. The summed E-state index contributed by atoms with van der Waals surface area (Å²) in [5, 5.41) is 1.39. The Morgan fingerprint density at radius 2 is 2.25 bits per heavy atom. The van der Waals surface area contributed by atoms with Gasteiger partial charge in [0.05, 0.1) is 18.8 Å². The van der Waals surface area contributed by atoms with E-state index in [1.165, 1.54) is 6.33 Å². The molecular formula is C11H9N3O2. The van der Waals surface area contributed by atoms with E-state index in [2.05, 4.69) is 15.0 Å². The molecule has 0 atom stereocenters. The van der Waals surface area contributed by atoms with Gasteiger partial charge in [0.1, 0.15) is 11.4 Å². The van der Waals surface area contributed by atoms with Crippen molar-refractivity contribution >= 4 is 21.9 Å². The molecule has 0 unspecified atom stereocenters. The van der Waals surface area contributed by atoms with Gasteiger partial charge in [-0.05, 0) is 18.2 Å². The summed E-state index contributed by atoms with van der Waals surface area (Å²) in [7, 11) is 1.60. The summed E-state index contributed by atoms with van der Waals surface area (Å²) in [4.78, 5) is 21.4. The predicted molar refractivity (Wildman–Crippen MR) is 60.8 cm³/mol. The maximum atomic E-state index is 11.7. The van der Waals surface area contributed by atoms with Gasteiger partial charge >= 0.3 is 0 Å². The first-order valence-electron chi connectivity index (χ1n) is 4.83. The minimum absolute atomic E-state index is 0.149. The SMILES string of the molecule is COc1ccc2[nH]c3nc[nH]c(=O)c3c2c1. The molecule has 0 fully saturated rings. The van der Waals surface area contributed by atoms with E-state index < -0.39 is 0 Å². The average molecular weight is 215 g/mol. The van der Waals surface area contributed by atoms with Crippen LogP contribution in [0.2, 0.25) is 0 Å². The smallest absolute Gasteiger partial charge is 0.260 e. The lowest BCUT2D eigenvalue weighted by atomic mass is 10.2. The van der Waals surface area contributed by atoms with Gasteiger partial charge in [-0.1, -0.05) is 0 Å². The number of methoxy groups -OCH3 is 1. The van der Waals surface area contributed by atoms with Crippen molar-refractivity contribution in [3.8, 4) is 5.75 Å². The summed E-state index contributed by atoms with van der Waals surface area (Å²) in [6.45, 7) is 0. The lowest BCUT2D eigenvalue weighted by molar-refractivity contribution is 0.415. The number of hydrogen-bond acceptors (Lipinski definition) is 3. The van der Waals surface area contributed by atoms with Crippen LogP contribution in [-0.2, 0) is 0 Å². The number of aromatic nitrogens is 3. The molecule has 0 bridgehead atoms. The highest BCUT2D eigenvalue weighted by Gasteiger charge is 2.08. The Morgan fingerprint density at radius 3 is 3.06 bits per heavy atom. The molecule has 5 heteroatoms. The molecule has 2 N–H and O–H groups in total. The predicted octanol–water partition coefficient (Wildman–Crippen LogP) is 1.41. The number of ether oxygens (including phenoxy) is 1. The molecule has 1 aromatic carbocycles. The zero-order chi connectivity index (χ0) is 11.1. The molecule has 16 heavy (non-hydrogen) atoms. The Balaban J connectivity index is 2.55. The summed E-state index contributed by atoms with van der Waals surface area (Å²) >= 11 is 0. The number of rotatable bonds is 1. The normalized spacial score (nSPS) is 11.1. The Hall–Kier alpha value is -2.30. The van der Waals surface area contributed by atoms with Crippen molar-refractivity contribution in [1.29, 1.82) is 0 Å². The molecule has 0 radical (unpaired) electrons. The molecule has 80 valence electrons. The van der Waals surface area contributed by atoms with Crippen molar-refractivity contribution in [2.24, 2.45) is 0 Å². The van der Waals surface area contributed by atoms with Gasteiger partial charge in [0.25, 0.3) is 5.56 Å². The summed E-state index contributed by atoms with van der Waals surface area (Å²) < 4.78 is 5.13. The molecular weight excluding hydrogens is 206 g/mol. The average Bonchev–Trinajstić information content (AvgIpc) is 2.67. The number of nitrogens with zero attached hydrogens (tertiary/aromatic N) is 1. The van der Waals surface area contributed by atoms with Crippen LogP contribution in [0.25, 0.3) is 21.9 Å². The molecule has 0 spiro atoms. The number of aromatic amines is 2. The summed E-state index contributed by atoms with van der Waals surface area (Å²) in [5.74, 6) is 0.719. The first-order chi connectivity index (χ1) is 7.79. The van der Waals surface area contributed by atoms with Crippen LogP contribution in [-0.4, -0.2) is 22.1 Å². The molecule has 0 saturated carbocycles. The van der Waals surface area contributed by atoms with Crippen molar-refractivity contribution in [3.63, 3.8) is 0 Å². The molecule has 3 aromatic rings. The van der Waals surface area contributed by atoms with Crippen LogP contribution in [0.4, 0.5) is 0 Å². The summed E-state index contributed by atoms with van der Waals surface area (Å²) in [6, 6.07) is 5.53. The van der Waals surface area contributed by atoms with Gasteiger partial charge in [0, 0.05) is 10.9 Å². The zero-order valence-electron chi connectivity index (χ0n) is 8.57. The summed E-state index contributed by atoms with van der Waals surface area (Å²) in [5.41, 5.74) is 1.32. The van der Waals surface area contributed by atoms with E-state index in [1.807, 2.05) is 18.2 Å². The molecule has 2 heterocycles. The number of H-pyrrole nitrogens is 2. The number of hydrogen-bond donors (Lipinski definition) is 2. The molecule has 0 aliphatic carbocycles. The van der Waals surface area contributed by atoms with E-state index >= 15 is 0 Å². The van der Waals surface area contributed by atoms with Gasteiger partial charge in [-0.3, -0.25) is 4.79 Å². The fourth-order valence-corrected chi connectivity index (χ4v) is 1.84. The highest BCUT2D eigenvalue weighted by molar-refractivity contribution is 6.05. The molecule has 0 amide bonds. The monoisotopic (exact) mass is 215 g/mol. The third-order valence-electron chi connectivity index (χ3n) is 2.60. The van der Waals surface area contributed by atoms with Crippen LogP contribution < -0.4 is 10.3 Å². The quantitative estimate of drug-likeness (QED) is 0.644. The first kappa shape index (κ1) is 8.96. The molecule has 3 rings (SSSR count). The van der Waals surface area contributed by atoms with Gasteiger partial charge in [-0.25, -0.2) is 4.98 Å². The van der Waals surface area contributed by atoms with Crippen molar-refractivity contribution in [3.05, 3.63) is 34.9 Å². The minimum Gasteiger partial charge on any atom is -0.497 e. The Bertz CT molecular complexity index is 727. The Morgan fingerprint density at radius 1 is 1.38 bits per heavy atom. The summed E-state index contributed by atoms with van der Waals surface area (Å²) in [6.07, 6.45) is 1.39. The van der Waals surface area contributed by atoms with Crippen LogP contribution in [0, 0.1) is 0 Å². The van der Waals surface area contributed by atoms with E-state index in [1.54, 1.807) is 7.11 Å². The van der Waals surface area contributed by atoms with E-state index in [4.69, 9.17) is 4.74 Å². The number of fused-ring (bicyclic) bond motifs is 3. The molecule has 2 aromatic heterocycles. The minimum atomic E-state index is -0.149. The Kier molecular flexibility index (Phi) is 1.73.